The van der Waals surface area contributed by atoms with E-state index in [-0.39, 0.29) is 31.0 Å². The Morgan fingerprint density at radius 3 is 3.10 bits per heavy atom. The minimum absolute atomic E-state index is 0.0221. The van der Waals surface area contributed by atoms with Gasteiger partial charge in [0.05, 0.1) is 19.0 Å². The Kier molecular flexibility index (Phi) is 1.79. The first-order chi connectivity index (χ1) is 9.73. The van der Waals surface area contributed by atoms with Gasteiger partial charge in [0.1, 0.15) is 23.5 Å². The van der Waals surface area contributed by atoms with E-state index in [1.54, 1.807) is 6.33 Å². The summed E-state index contributed by atoms with van der Waals surface area (Å²) in [5.41, 5.74) is 6.53. The number of anilines is 1. The fourth-order valence-corrected chi connectivity index (χ4v) is 3.78. The van der Waals surface area contributed by atoms with E-state index in [0.29, 0.717) is 17.0 Å². The molecule has 5 rings (SSSR count). The molecular formula is C12H13N5O3. The minimum atomic E-state index is -0.451. The largest absolute Gasteiger partial charge is 0.393 e. The number of hydrogen-bond acceptors (Lipinski definition) is 7. The lowest BCUT2D eigenvalue weighted by Gasteiger charge is -2.56. The van der Waals surface area contributed by atoms with Crippen LogP contribution < -0.4 is 5.73 Å². The Labute approximate surface area is 113 Å². The van der Waals surface area contributed by atoms with Crippen molar-refractivity contribution >= 4 is 17.0 Å². The minimum Gasteiger partial charge on any atom is -0.393 e. The lowest BCUT2D eigenvalue weighted by molar-refractivity contribution is -0.273. The van der Waals surface area contributed by atoms with Crippen LogP contribution in [0.4, 0.5) is 5.82 Å². The second kappa shape index (κ2) is 3.27. The second-order valence-corrected chi connectivity index (χ2v) is 5.68. The predicted octanol–water partition coefficient (Wildman–Crippen LogP) is -0.544. The normalized spacial score (nSPS) is 41.2. The van der Waals surface area contributed by atoms with Gasteiger partial charge in [-0.2, -0.15) is 0 Å². The first-order valence-corrected chi connectivity index (χ1v) is 6.61. The van der Waals surface area contributed by atoms with Crippen LogP contribution in [0, 0.1) is 5.92 Å². The highest BCUT2D eigenvalue weighted by molar-refractivity contribution is 5.81. The number of imidazole rings is 1. The van der Waals surface area contributed by atoms with Gasteiger partial charge in [-0.15, -0.1) is 0 Å². The number of aliphatic hydroxyl groups excluding tert-OH is 1. The van der Waals surface area contributed by atoms with Crippen molar-refractivity contribution in [3.05, 3.63) is 12.7 Å². The smallest absolute Gasteiger partial charge is 0.167 e. The number of fused-ring (bicyclic) bond motifs is 1. The van der Waals surface area contributed by atoms with Crippen LogP contribution in [0.3, 0.4) is 0 Å². The number of nitrogens with zero attached hydrogens (tertiary/aromatic N) is 4. The van der Waals surface area contributed by atoms with Gasteiger partial charge in [0, 0.05) is 12.3 Å². The summed E-state index contributed by atoms with van der Waals surface area (Å²) >= 11 is 0. The summed E-state index contributed by atoms with van der Waals surface area (Å²) in [6.45, 7) is 0.0221. The number of nitrogen functional groups attached to an aromatic ring is 1. The van der Waals surface area contributed by atoms with Crippen LogP contribution in [0.15, 0.2) is 12.7 Å². The van der Waals surface area contributed by atoms with E-state index in [0.717, 1.165) is 6.42 Å². The summed E-state index contributed by atoms with van der Waals surface area (Å²) in [6, 6.07) is 0. The third-order valence-electron chi connectivity index (χ3n) is 4.81. The highest BCUT2D eigenvalue weighted by atomic mass is 16.6. The van der Waals surface area contributed by atoms with Crippen molar-refractivity contribution < 1.29 is 14.6 Å². The van der Waals surface area contributed by atoms with Crippen LogP contribution in [0.25, 0.3) is 11.2 Å². The standard InChI is InChI=1S/C12H13N5O3/c13-9-7-10(15-3-14-9)17(4-16-7)11-8-6-5(19-8)1-12(6,2-18)20-11/h3-6,8,11,18H,1-2H2,(H2,13,14,15)/t5?,6?,8-,11+,12+/m0/s1. The van der Waals surface area contributed by atoms with Gasteiger partial charge < -0.3 is 20.3 Å². The van der Waals surface area contributed by atoms with Crippen molar-refractivity contribution in [2.45, 2.75) is 30.5 Å². The maximum atomic E-state index is 9.61. The first kappa shape index (κ1) is 11.0. The average molecular weight is 275 g/mol. The van der Waals surface area contributed by atoms with Crippen molar-refractivity contribution in [3.8, 4) is 0 Å². The molecule has 3 N–H and O–H groups in total. The van der Waals surface area contributed by atoms with Crippen molar-refractivity contribution in [1.29, 1.82) is 0 Å². The number of aromatic nitrogens is 4. The molecular weight excluding hydrogens is 262 g/mol. The third-order valence-corrected chi connectivity index (χ3v) is 4.81. The van der Waals surface area contributed by atoms with Gasteiger partial charge in [-0.3, -0.25) is 4.57 Å². The Bertz CT molecular complexity index is 718. The number of aliphatic hydroxyl groups is 1. The van der Waals surface area contributed by atoms with Crippen molar-refractivity contribution in [2.75, 3.05) is 12.3 Å². The summed E-state index contributed by atoms with van der Waals surface area (Å²) in [4.78, 5) is 12.4. The van der Waals surface area contributed by atoms with Crippen LogP contribution in [0.1, 0.15) is 12.6 Å². The number of hydrogen-bond donors (Lipinski definition) is 2. The monoisotopic (exact) mass is 275 g/mol. The number of nitrogens with two attached hydrogens (primary N) is 1. The van der Waals surface area contributed by atoms with Crippen molar-refractivity contribution in [1.82, 2.24) is 19.5 Å². The van der Waals surface area contributed by atoms with Crippen LogP contribution in [0.5, 0.6) is 0 Å². The molecule has 1 aliphatic carbocycles. The lowest BCUT2D eigenvalue weighted by Crippen LogP contribution is -2.68. The number of rotatable bonds is 2. The SMILES string of the molecule is Nc1ncnc2c1ncn2[C@@H]1O[C@@]2(CO)CC3O[C@H]1C32. The van der Waals surface area contributed by atoms with E-state index < -0.39 is 5.60 Å². The first-order valence-electron chi connectivity index (χ1n) is 6.61. The lowest BCUT2D eigenvalue weighted by atomic mass is 9.62. The average Bonchev–Trinajstić information content (AvgIpc) is 2.85. The second-order valence-electron chi connectivity index (χ2n) is 5.68. The molecule has 2 saturated heterocycles. The Morgan fingerprint density at radius 2 is 2.35 bits per heavy atom. The molecule has 4 heterocycles. The summed E-state index contributed by atoms with van der Waals surface area (Å²) < 4.78 is 13.7. The Balaban J connectivity index is 1.62. The van der Waals surface area contributed by atoms with Crippen molar-refractivity contribution in [2.24, 2.45) is 5.92 Å². The van der Waals surface area contributed by atoms with E-state index in [1.165, 1.54) is 6.33 Å². The zero-order chi connectivity index (χ0) is 13.5. The van der Waals surface area contributed by atoms with Crippen LogP contribution in [-0.2, 0) is 9.47 Å². The molecule has 2 aromatic heterocycles. The summed E-state index contributed by atoms with van der Waals surface area (Å²) in [5, 5.41) is 9.61. The summed E-state index contributed by atoms with van der Waals surface area (Å²) in [7, 11) is 0. The van der Waals surface area contributed by atoms with Crippen LogP contribution in [0.2, 0.25) is 0 Å². The van der Waals surface area contributed by atoms with Crippen molar-refractivity contribution in [3.63, 3.8) is 0 Å². The molecule has 0 amide bonds. The quantitative estimate of drug-likeness (QED) is 0.757. The molecule has 2 unspecified atom stereocenters. The van der Waals surface area contributed by atoms with E-state index in [2.05, 4.69) is 15.0 Å². The molecule has 3 fully saturated rings. The van der Waals surface area contributed by atoms with E-state index >= 15 is 0 Å². The van der Waals surface area contributed by atoms with Gasteiger partial charge in [0.15, 0.2) is 17.7 Å². The fourth-order valence-electron chi connectivity index (χ4n) is 3.78. The summed E-state index contributed by atoms with van der Waals surface area (Å²) in [5.74, 6) is 0.619. The van der Waals surface area contributed by atoms with E-state index in [4.69, 9.17) is 15.2 Å². The fraction of sp³-hybridized carbons (Fsp3) is 0.583. The van der Waals surface area contributed by atoms with Gasteiger partial charge >= 0.3 is 0 Å². The van der Waals surface area contributed by atoms with Crippen LogP contribution >= 0.6 is 0 Å². The maximum Gasteiger partial charge on any atom is 0.167 e. The zero-order valence-electron chi connectivity index (χ0n) is 10.5. The molecule has 104 valence electrons. The summed E-state index contributed by atoms with van der Waals surface area (Å²) in [6.07, 6.45) is 3.68. The van der Waals surface area contributed by atoms with Gasteiger partial charge in [-0.05, 0) is 0 Å². The van der Waals surface area contributed by atoms with Gasteiger partial charge in [0.25, 0.3) is 0 Å². The topological polar surface area (TPSA) is 108 Å². The maximum absolute atomic E-state index is 9.61. The van der Waals surface area contributed by atoms with E-state index in [1.807, 2.05) is 4.57 Å². The van der Waals surface area contributed by atoms with Crippen LogP contribution in [-0.4, -0.2) is 49.0 Å². The van der Waals surface area contributed by atoms with Gasteiger partial charge in [0.2, 0.25) is 0 Å². The van der Waals surface area contributed by atoms with Gasteiger partial charge in [-0.1, -0.05) is 0 Å². The molecule has 0 spiro atoms. The Morgan fingerprint density at radius 1 is 1.45 bits per heavy atom. The highest BCUT2D eigenvalue weighted by Crippen LogP contribution is 2.63. The van der Waals surface area contributed by atoms with Gasteiger partial charge in [-0.25, -0.2) is 15.0 Å². The molecule has 20 heavy (non-hydrogen) atoms. The molecule has 0 radical (unpaired) electrons. The zero-order valence-corrected chi connectivity index (χ0v) is 10.5. The molecule has 8 heteroatoms. The van der Waals surface area contributed by atoms with E-state index in [9.17, 15) is 5.11 Å². The molecule has 2 aromatic rings. The molecule has 0 aromatic carbocycles. The molecule has 5 atom stereocenters. The molecule has 8 nitrogen and oxygen atoms in total. The Hall–Kier alpha value is -1.77. The number of ether oxygens (including phenoxy) is 2. The predicted molar refractivity (Wildman–Crippen MR) is 66.4 cm³/mol. The third kappa shape index (κ3) is 1.04. The molecule has 1 saturated carbocycles. The molecule has 3 aliphatic rings. The molecule has 0 bridgehead atoms. The highest BCUT2D eigenvalue weighted by Gasteiger charge is 2.73. The molecule has 2 aliphatic heterocycles.